The van der Waals surface area contributed by atoms with Crippen molar-refractivity contribution in [1.82, 2.24) is 10.4 Å². The third-order valence-electron chi connectivity index (χ3n) is 5.63. The molecule has 1 fully saturated rings. The van der Waals surface area contributed by atoms with E-state index in [2.05, 4.69) is 5.43 Å². The molecular weight excluding hydrogens is 459 g/mol. The third kappa shape index (κ3) is 5.03. The number of nitrogens with one attached hydrogen (secondary N) is 1. The minimum absolute atomic E-state index is 0.317. The standard InChI is InChI=1S/C29H21FN2O2S/c30-25-17-15-24(16-18-25)29-32(28(34)26(35-29)19-20-7-3-1-4-8-20)31-27(33)23-13-11-22(12-14-23)21-9-5-2-6-10-21/h1-19,29H,(H,31,33)/b26-19+. The molecule has 1 aliphatic heterocycles. The van der Waals surface area contributed by atoms with Crippen LogP contribution in [0.4, 0.5) is 4.39 Å². The van der Waals surface area contributed by atoms with Gasteiger partial charge < -0.3 is 0 Å². The molecular formula is C29H21FN2O2S. The molecule has 5 rings (SSSR count). The Kier molecular flexibility index (Phi) is 6.46. The van der Waals surface area contributed by atoms with Crippen LogP contribution in [0.3, 0.4) is 0 Å². The Morgan fingerprint density at radius 3 is 2.06 bits per heavy atom. The first-order valence-electron chi connectivity index (χ1n) is 11.1. The Morgan fingerprint density at radius 2 is 1.40 bits per heavy atom. The molecule has 1 atom stereocenters. The molecule has 35 heavy (non-hydrogen) atoms. The Labute approximate surface area is 207 Å². The zero-order chi connectivity index (χ0) is 24.2. The molecule has 1 saturated heterocycles. The molecule has 4 nitrogen and oxygen atoms in total. The highest BCUT2D eigenvalue weighted by Crippen LogP contribution is 2.45. The molecule has 1 N–H and O–H groups in total. The summed E-state index contributed by atoms with van der Waals surface area (Å²) < 4.78 is 13.5. The first-order chi connectivity index (χ1) is 17.1. The molecule has 2 amide bonds. The quantitative estimate of drug-likeness (QED) is 0.334. The summed E-state index contributed by atoms with van der Waals surface area (Å²) in [6, 6.07) is 32.6. The minimum atomic E-state index is -0.523. The van der Waals surface area contributed by atoms with Crippen LogP contribution in [-0.2, 0) is 4.79 Å². The van der Waals surface area contributed by atoms with Gasteiger partial charge in [0, 0.05) is 5.56 Å². The van der Waals surface area contributed by atoms with E-state index in [1.165, 1.54) is 28.9 Å². The monoisotopic (exact) mass is 480 g/mol. The summed E-state index contributed by atoms with van der Waals surface area (Å²) in [5, 5.41) is 0.797. The van der Waals surface area contributed by atoms with Gasteiger partial charge in [-0.15, -0.1) is 0 Å². The van der Waals surface area contributed by atoms with E-state index < -0.39 is 11.3 Å². The van der Waals surface area contributed by atoms with Crippen LogP contribution in [0.1, 0.15) is 26.9 Å². The van der Waals surface area contributed by atoms with Gasteiger partial charge in [-0.25, -0.2) is 9.40 Å². The second-order valence-electron chi connectivity index (χ2n) is 8.00. The minimum Gasteiger partial charge on any atom is -0.267 e. The van der Waals surface area contributed by atoms with Gasteiger partial charge in [0.1, 0.15) is 11.2 Å². The lowest BCUT2D eigenvalue weighted by Gasteiger charge is -2.24. The van der Waals surface area contributed by atoms with Crippen LogP contribution in [0.15, 0.2) is 114 Å². The molecule has 1 heterocycles. The highest BCUT2D eigenvalue weighted by Gasteiger charge is 2.38. The number of halogens is 1. The fourth-order valence-corrected chi connectivity index (χ4v) is 5.01. The second kappa shape index (κ2) is 9.99. The van der Waals surface area contributed by atoms with Crippen molar-refractivity contribution in [2.75, 3.05) is 0 Å². The summed E-state index contributed by atoms with van der Waals surface area (Å²) in [5.41, 5.74) is 6.84. The van der Waals surface area contributed by atoms with Crippen molar-refractivity contribution >= 4 is 29.7 Å². The van der Waals surface area contributed by atoms with Crippen molar-refractivity contribution in [3.05, 3.63) is 137 Å². The van der Waals surface area contributed by atoms with Crippen molar-refractivity contribution in [3.8, 4) is 11.1 Å². The summed E-state index contributed by atoms with van der Waals surface area (Å²) in [5.74, 6) is -1.08. The van der Waals surface area contributed by atoms with Gasteiger partial charge in [-0.3, -0.25) is 15.0 Å². The summed E-state index contributed by atoms with van der Waals surface area (Å²) >= 11 is 1.32. The van der Waals surface area contributed by atoms with Crippen LogP contribution in [0, 0.1) is 5.82 Å². The number of hydrogen-bond donors (Lipinski definition) is 1. The molecule has 0 bridgehead atoms. The summed E-state index contributed by atoms with van der Waals surface area (Å²) in [4.78, 5) is 26.9. The van der Waals surface area contributed by atoms with Gasteiger partial charge in [0.25, 0.3) is 11.8 Å². The van der Waals surface area contributed by atoms with E-state index in [1.54, 1.807) is 30.3 Å². The fraction of sp³-hybridized carbons (Fsp3) is 0.0345. The van der Waals surface area contributed by atoms with Crippen LogP contribution in [-0.4, -0.2) is 16.8 Å². The lowest BCUT2D eigenvalue weighted by Crippen LogP contribution is -2.44. The van der Waals surface area contributed by atoms with Crippen molar-refractivity contribution in [3.63, 3.8) is 0 Å². The lowest BCUT2D eigenvalue weighted by atomic mass is 10.0. The number of hydrazine groups is 1. The molecule has 4 aromatic carbocycles. The van der Waals surface area contributed by atoms with Crippen molar-refractivity contribution in [1.29, 1.82) is 0 Å². The molecule has 0 radical (unpaired) electrons. The third-order valence-corrected chi connectivity index (χ3v) is 6.88. The van der Waals surface area contributed by atoms with Crippen molar-refractivity contribution in [2.24, 2.45) is 0 Å². The van der Waals surface area contributed by atoms with Crippen molar-refractivity contribution < 1.29 is 14.0 Å². The number of amides is 2. The highest BCUT2D eigenvalue weighted by atomic mass is 32.2. The van der Waals surface area contributed by atoms with Gasteiger partial charge in [-0.1, -0.05) is 96.7 Å². The SMILES string of the molecule is O=C(NN1C(=O)/C(=C\c2ccccc2)SC1c1ccc(F)cc1)c1ccc(-c2ccccc2)cc1. The number of benzene rings is 4. The molecule has 172 valence electrons. The first-order valence-corrected chi connectivity index (χ1v) is 12.0. The zero-order valence-corrected chi connectivity index (χ0v) is 19.4. The van der Waals surface area contributed by atoms with E-state index in [4.69, 9.17) is 0 Å². The van der Waals surface area contributed by atoms with Gasteiger partial charge in [-0.2, -0.15) is 0 Å². The van der Waals surface area contributed by atoms with E-state index in [0.717, 1.165) is 16.7 Å². The Bertz CT molecular complexity index is 1370. The smallest absolute Gasteiger partial charge is 0.267 e. The van der Waals surface area contributed by atoms with E-state index >= 15 is 0 Å². The van der Waals surface area contributed by atoms with Crippen LogP contribution in [0.25, 0.3) is 17.2 Å². The Balaban J connectivity index is 1.41. The zero-order valence-electron chi connectivity index (χ0n) is 18.6. The molecule has 4 aromatic rings. The highest BCUT2D eigenvalue weighted by molar-refractivity contribution is 8.04. The van der Waals surface area contributed by atoms with E-state index in [-0.39, 0.29) is 11.7 Å². The second-order valence-corrected chi connectivity index (χ2v) is 9.12. The molecule has 1 aliphatic rings. The number of nitrogens with zero attached hydrogens (tertiary/aromatic N) is 1. The Morgan fingerprint density at radius 1 is 0.800 bits per heavy atom. The van der Waals surface area contributed by atoms with Crippen molar-refractivity contribution in [2.45, 2.75) is 5.37 Å². The lowest BCUT2D eigenvalue weighted by molar-refractivity contribution is -0.128. The summed E-state index contributed by atoms with van der Waals surface area (Å²) in [7, 11) is 0. The van der Waals surface area contributed by atoms with Gasteiger partial charge in [0.15, 0.2) is 0 Å². The number of rotatable bonds is 5. The normalized spacial score (nSPS) is 16.5. The predicted molar refractivity (Wildman–Crippen MR) is 137 cm³/mol. The summed E-state index contributed by atoms with van der Waals surface area (Å²) in [6.45, 7) is 0. The number of carbonyl (C=O) groups excluding carboxylic acids is 2. The predicted octanol–water partition coefficient (Wildman–Crippen LogP) is 6.45. The number of hydrogen-bond acceptors (Lipinski definition) is 3. The maximum atomic E-state index is 13.5. The molecule has 0 aromatic heterocycles. The number of thioether (sulfide) groups is 1. The Hall–Kier alpha value is -4.16. The molecule has 0 aliphatic carbocycles. The molecule has 0 saturated carbocycles. The molecule has 1 unspecified atom stereocenters. The van der Waals surface area contributed by atoms with Gasteiger partial charge in [0.2, 0.25) is 0 Å². The van der Waals surface area contributed by atoms with Gasteiger partial charge >= 0.3 is 0 Å². The van der Waals surface area contributed by atoms with E-state index in [9.17, 15) is 14.0 Å². The number of carbonyl (C=O) groups is 2. The maximum absolute atomic E-state index is 13.5. The first kappa shape index (κ1) is 22.6. The van der Waals surface area contributed by atoms with Crippen LogP contribution in [0.5, 0.6) is 0 Å². The largest absolute Gasteiger partial charge is 0.280 e. The maximum Gasteiger partial charge on any atom is 0.280 e. The van der Waals surface area contributed by atoms with Crippen LogP contribution >= 0.6 is 11.8 Å². The van der Waals surface area contributed by atoms with E-state index in [0.29, 0.717) is 16.0 Å². The van der Waals surface area contributed by atoms with Gasteiger partial charge in [-0.05, 0) is 52.6 Å². The van der Waals surface area contributed by atoms with Crippen LogP contribution < -0.4 is 5.43 Å². The summed E-state index contributed by atoms with van der Waals surface area (Å²) in [6.07, 6.45) is 1.80. The topological polar surface area (TPSA) is 49.4 Å². The average Bonchev–Trinajstić information content (AvgIpc) is 3.20. The fourth-order valence-electron chi connectivity index (χ4n) is 3.82. The molecule has 0 spiro atoms. The molecule has 6 heteroatoms. The average molecular weight is 481 g/mol. The van der Waals surface area contributed by atoms with Gasteiger partial charge in [0.05, 0.1) is 4.91 Å². The van der Waals surface area contributed by atoms with Crippen LogP contribution in [0.2, 0.25) is 0 Å². The van der Waals surface area contributed by atoms with E-state index in [1.807, 2.05) is 72.8 Å².